The van der Waals surface area contributed by atoms with Crippen molar-refractivity contribution in [2.75, 3.05) is 52.3 Å². The number of carbonyl (C=O) groups excluding carboxylic acids is 2. The van der Waals surface area contributed by atoms with Crippen molar-refractivity contribution in [1.29, 1.82) is 0 Å². The second-order valence-corrected chi connectivity index (χ2v) is 6.99. The summed E-state index contributed by atoms with van der Waals surface area (Å²) < 4.78 is 9.96. The van der Waals surface area contributed by atoms with E-state index in [9.17, 15) is 9.59 Å². The van der Waals surface area contributed by atoms with Gasteiger partial charge in [0.1, 0.15) is 5.75 Å². The van der Waals surface area contributed by atoms with Crippen LogP contribution >= 0.6 is 0 Å². The van der Waals surface area contributed by atoms with Crippen LogP contribution in [0.1, 0.15) is 15.9 Å². The van der Waals surface area contributed by atoms with Gasteiger partial charge in [-0.1, -0.05) is 24.3 Å². The fourth-order valence-electron chi connectivity index (χ4n) is 3.37. The molecule has 0 aliphatic carbocycles. The van der Waals surface area contributed by atoms with Gasteiger partial charge in [-0.05, 0) is 29.8 Å². The highest BCUT2D eigenvalue weighted by Gasteiger charge is 2.20. The Kier molecular flexibility index (Phi) is 7.21. The Morgan fingerprint density at radius 1 is 0.931 bits per heavy atom. The van der Waals surface area contributed by atoms with E-state index >= 15 is 0 Å². The third-order valence-corrected chi connectivity index (χ3v) is 5.00. The van der Waals surface area contributed by atoms with Gasteiger partial charge in [-0.2, -0.15) is 0 Å². The Balaban J connectivity index is 1.47. The van der Waals surface area contributed by atoms with Gasteiger partial charge in [0.2, 0.25) is 5.91 Å². The summed E-state index contributed by atoms with van der Waals surface area (Å²) in [6.07, 6.45) is 0. The van der Waals surface area contributed by atoms with E-state index in [0.717, 1.165) is 38.5 Å². The van der Waals surface area contributed by atoms with Gasteiger partial charge >= 0.3 is 5.97 Å². The summed E-state index contributed by atoms with van der Waals surface area (Å²) in [6.45, 7) is 4.63. The van der Waals surface area contributed by atoms with Gasteiger partial charge in [-0.15, -0.1) is 0 Å². The minimum atomic E-state index is -0.465. The number of nitrogens with zero attached hydrogens (tertiary/aromatic N) is 2. The zero-order chi connectivity index (χ0) is 20.6. The maximum absolute atomic E-state index is 12.4. The fraction of sp³-hybridized carbons (Fsp3) is 0.364. The molecule has 3 rings (SSSR count). The molecule has 1 heterocycles. The van der Waals surface area contributed by atoms with Gasteiger partial charge in [0.25, 0.3) is 0 Å². The third-order valence-electron chi connectivity index (χ3n) is 5.00. The Hall–Kier alpha value is -2.90. The summed E-state index contributed by atoms with van der Waals surface area (Å²) in [6, 6.07) is 15.0. The highest BCUT2D eigenvalue weighted by atomic mass is 16.5. The van der Waals surface area contributed by atoms with Crippen molar-refractivity contribution in [2.45, 2.75) is 6.54 Å². The minimum Gasteiger partial charge on any atom is -0.497 e. The molecule has 1 fully saturated rings. The number of amides is 1. The quantitative estimate of drug-likeness (QED) is 0.723. The number of methoxy groups -OCH3 is 2. The van der Waals surface area contributed by atoms with E-state index < -0.39 is 5.97 Å². The van der Waals surface area contributed by atoms with Crippen LogP contribution in [0.25, 0.3) is 0 Å². The van der Waals surface area contributed by atoms with Gasteiger partial charge in [0.15, 0.2) is 0 Å². The first-order valence-corrected chi connectivity index (χ1v) is 9.64. The number of ether oxygens (including phenoxy) is 2. The molecule has 29 heavy (non-hydrogen) atoms. The van der Waals surface area contributed by atoms with E-state index in [1.807, 2.05) is 12.1 Å². The number of anilines is 1. The molecule has 1 saturated heterocycles. The molecule has 1 N–H and O–H groups in total. The van der Waals surface area contributed by atoms with Gasteiger partial charge in [0, 0.05) is 32.7 Å². The molecular weight excluding hydrogens is 370 g/mol. The lowest BCUT2D eigenvalue weighted by atomic mass is 10.1. The second kappa shape index (κ2) is 10.0. The predicted octanol–water partition coefficient (Wildman–Crippen LogP) is 2.24. The number of nitrogens with one attached hydrogen (secondary N) is 1. The van der Waals surface area contributed by atoms with Crippen molar-refractivity contribution in [1.82, 2.24) is 9.80 Å². The molecule has 7 heteroatoms. The molecule has 154 valence electrons. The topological polar surface area (TPSA) is 71.1 Å². The lowest BCUT2D eigenvalue weighted by Crippen LogP contribution is -2.48. The van der Waals surface area contributed by atoms with Crippen molar-refractivity contribution >= 4 is 17.6 Å². The molecule has 2 aromatic rings. The number of carbonyl (C=O) groups is 2. The first kappa shape index (κ1) is 20.8. The number of rotatable bonds is 7. The summed E-state index contributed by atoms with van der Waals surface area (Å²) in [4.78, 5) is 28.8. The molecule has 1 aliphatic rings. The average Bonchev–Trinajstić information content (AvgIpc) is 2.75. The molecule has 1 amide bonds. The first-order chi connectivity index (χ1) is 14.1. The average molecular weight is 397 g/mol. The predicted molar refractivity (Wildman–Crippen MR) is 111 cm³/mol. The monoisotopic (exact) mass is 397 g/mol. The van der Waals surface area contributed by atoms with E-state index in [-0.39, 0.29) is 5.91 Å². The molecule has 0 saturated carbocycles. The third kappa shape index (κ3) is 5.79. The van der Waals surface area contributed by atoms with Gasteiger partial charge < -0.3 is 14.8 Å². The standard InChI is InChI=1S/C22H27N3O4/c1-28-18-9-7-17(8-10-18)15-24-11-13-25(14-12-24)16-21(26)23-20-6-4-3-5-19(20)22(27)29-2/h3-10H,11-16H2,1-2H3,(H,23,26). The zero-order valence-corrected chi connectivity index (χ0v) is 16.9. The van der Waals surface area contributed by atoms with Gasteiger partial charge in [-0.3, -0.25) is 14.6 Å². The van der Waals surface area contributed by atoms with Crippen molar-refractivity contribution in [3.05, 3.63) is 59.7 Å². The van der Waals surface area contributed by atoms with E-state index in [1.165, 1.54) is 12.7 Å². The Bertz CT molecular complexity index is 830. The second-order valence-electron chi connectivity index (χ2n) is 6.99. The Morgan fingerprint density at radius 3 is 2.24 bits per heavy atom. The Labute approximate surface area is 171 Å². The van der Waals surface area contributed by atoms with E-state index in [0.29, 0.717) is 17.8 Å². The lowest BCUT2D eigenvalue weighted by molar-refractivity contribution is -0.117. The molecule has 0 spiro atoms. The summed E-state index contributed by atoms with van der Waals surface area (Å²) in [5.41, 5.74) is 2.08. The smallest absolute Gasteiger partial charge is 0.339 e. The molecule has 0 unspecified atom stereocenters. The minimum absolute atomic E-state index is 0.134. The SMILES string of the molecule is COC(=O)c1ccccc1NC(=O)CN1CCN(Cc2ccc(OC)cc2)CC1. The fourth-order valence-corrected chi connectivity index (χ4v) is 3.37. The molecule has 0 atom stereocenters. The molecule has 0 radical (unpaired) electrons. The van der Waals surface area contributed by atoms with Crippen LogP contribution < -0.4 is 10.1 Å². The molecular formula is C22H27N3O4. The lowest BCUT2D eigenvalue weighted by Gasteiger charge is -2.34. The first-order valence-electron chi connectivity index (χ1n) is 9.64. The van der Waals surface area contributed by atoms with Crippen LogP contribution in [0.15, 0.2) is 48.5 Å². The normalized spacial score (nSPS) is 15.0. The van der Waals surface area contributed by atoms with Gasteiger partial charge in [0.05, 0.1) is 32.0 Å². The van der Waals surface area contributed by atoms with Gasteiger partial charge in [-0.25, -0.2) is 4.79 Å². The molecule has 2 aromatic carbocycles. The highest BCUT2D eigenvalue weighted by Crippen LogP contribution is 2.17. The van der Waals surface area contributed by atoms with Crippen molar-refractivity contribution in [2.24, 2.45) is 0 Å². The zero-order valence-electron chi connectivity index (χ0n) is 16.9. The van der Waals surface area contributed by atoms with Crippen molar-refractivity contribution in [3.63, 3.8) is 0 Å². The van der Waals surface area contributed by atoms with E-state index in [2.05, 4.69) is 27.2 Å². The van der Waals surface area contributed by atoms with E-state index in [4.69, 9.17) is 9.47 Å². The largest absolute Gasteiger partial charge is 0.497 e. The molecule has 0 aromatic heterocycles. The van der Waals surface area contributed by atoms with Crippen LogP contribution in [0, 0.1) is 0 Å². The number of hydrogen-bond donors (Lipinski definition) is 1. The summed E-state index contributed by atoms with van der Waals surface area (Å²) >= 11 is 0. The van der Waals surface area contributed by atoms with Crippen molar-refractivity contribution < 1.29 is 19.1 Å². The number of para-hydroxylation sites is 1. The highest BCUT2D eigenvalue weighted by molar-refractivity contribution is 6.01. The summed E-state index contributed by atoms with van der Waals surface area (Å²) in [7, 11) is 2.99. The number of hydrogen-bond acceptors (Lipinski definition) is 6. The van der Waals surface area contributed by atoms with E-state index in [1.54, 1.807) is 31.4 Å². The number of benzene rings is 2. The Morgan fingerprint density at radius 2 is 1.59 bits per heavy atom. The van der Waals surface area contributed by atoms with Crippen LogP contribution in [-0.2, 0) is 16.1 Å². The van der Waals surface area contributed by atoms with Crippen LogP contribution in [0.3, 0.4) is 0 Å². The van der Waals surface area contributed by atoms with Crippen LogP contribution in [-0.4, -0.2) is 68.6 Å². The molecule has 1 aliphatic heterocycles. The van der Waals surface area contributed by atoms with Crippen LogP contribution in [0.5, 0.6) is 5.75 Å². The molecule has 0 bridgehead atoms. The molecule has 7 nitrogen and oxygen atoms in total. The maximum Gasteiger partial charge on any atom is 0.339 e. The number of esters is 1. The number of piperazine rings is 1. The van der Waals surface area contributed by atoms with Crippen LogP contribution in [0.2, 0.25) is 0 Å². The summed E-state index contributed by atoms with van der Waals surface area (Å²) in [5.74, 6) is 0.261. The summed E-state index contributed by atoms with van der Waals surface area (Å²) in [5, 5.41) is 2.83. The van der Waals surface area contributed by atoms with Crippen molar-refractivity contribution in [3.8, 4) is 5.75 Å². The van der Waals surface area contributed by atoms with Crippen LogP contribution in [0.4, 0.5) is 5.69 Å². The maximum atomic E-state index is 12.4.